The van der Waals surface area contributed by atoms with Crippen LogP contribution in [0.5, 0.6) is 0 Å². The van der Waals surface area contributed by atoms with E-state index in [1.54, 1.807) is 6.07 Å². The third-order valence-electron chi connectivity index (χ3n) is 1.14. The molecule has 0 saturated carbocycles. The summed E-state index contributed by atoms with van der Waals surface area (Å²) in [4.78, 5) is 0. The van der Waals surface area contributed by atoms with E-state index in [4.69, 9.17) is 0 Å². The van der Waals surface area contributed by atoms with Gasteiger partial charge in [0.25, 0.3) is 0 Å². The first-order chi connectivity index (χ1) is 4.43. The Morgan fingerprint density at radius 1 is 1.44 bits per heavy atom. The van der Waals surface area contributed by atoms with Gasteiger partial charge in [0, 0.05) is 6.42 Å². The molecule has 1 rings (SSSR count). The Morgan fingerprint density at radius 2 is 2.33 bits per heavy atom. The fraction of sp³-hybridized carbons (Fsp3) is 0.250. The Hall–Kier alpha value is -0.850. The zero-order valence-electron chi connectivity index (χ0n) is 5.10. The quantitative estimate of drug-likeness (QED) is 0.564. The van der Waals surface area contributed by atoms with Crippen LogP contribution in [0.15, 0.2) is 24.3 Å². The average molecular weight is 123 g/mol. The van der Waals surface area contributed by atoms with Crippen LogP contribution in [0.2, 0.25) is 0 Å². The van der Waals surface area contributed by atoms with Crippen molar-refractivity contribution >= 4 is 0 Å². The molecule has 0 aliphatic rings. The first-order valence-corrected chi connectivity index (χ1v) is 2.95. The molecule has 1 aromatic carbocycles. The van der Waals surface area contributed by atoms with Gasteiger partial charge in [0.15, 0.2) is 0 Å². The predicted octanol–water partition coefficient (Wildman–Crippen LogP) is 2.00. The van der Waals surface area contributed by atoms with Crippen LogP contribution in [0.1, 0.15) is 5.56 Å². The van der Waals surface area contributed by atoms with Crippen molar-refractivity contribution in [3.8, 4) is 0 Å². The van der Waals surface area contributed by atoms with Gasteiger partial charge in [-0.25, -0.2) is 0 Å². The molecule has 1 heteroatoms. The molecule has 0 aromatic heterocycles. The van der Waals surface area contributed by atoms with Gasteiger partial charge in [0.1, 0.15) is 0 Å². The lowest BCUT2D eigenvalue weighted by molar-refractivity contribution is 0.495. The Labute approximate surface area is 54.3 Å². The maximum atomic E-state index is 11.7. The Morgan fingerprint density at radius 3 is 2.89 bits per heavy atom. The highest BCUT2D eigenvalue weighted by atomic mass is 19.1. The SMILES string of the molecule is FCCc1[c]cccc1. The molecule has 9 heavy (non-hydrogen) atoms. The number of halogens is 1. The highest BCUT2D eigenvalue weighted by molar-refractivity contribution is 5.12. The number of aryl methyl sites for hydroxylation is 1. The van der Waals surface area contributed by atoms with Gasteiger partial charge in [-0.3, -0.25) is 4.39 Å². The molecule has 0 nitrogen and oxygen atoms in total. The van der Waals surface area contributed by atoms with Gasteiger partial charge in [0.05, 0.1) is 6.67 Å². The fourth-order valence-corrected chi connectivity index (χ4v) is 0.688. The first kappa shape index (κ1) is 6.27. The van der Waals surface area contributed by atoms with Crippen LogP contribution in [0.25, 0.3) is 0 Å². The Kier molecular flexibility index (Phi) is 2.25. The summed E-state index contributed by atoms with van der Waals surface area (Å²) >= 11 is 0. The molecule has 1 aromatic rings. The molecule has 0 atom stereocenters. The molecule has 0 saturated heterocycles. The molecule has 0 bridgehead atoms. The van der Waals surface area contributed by atoms with Crippen molar-refractivity contribution in [2.24, 2.45) is 0 Å². The molecular weight excluding hydrogens is 115 g/mol. The standard InChI is InChI=1S/C8H8F/c9-7-6-8-4-2-1-3-5-8/h1-4H,6-7H2. The van der Waals surface area contributed by atoms with Crippen molar-refractivity contribution in [2.75, 3.05) is 6.67 Å². The molecule has 0 unspecified atom stereocenters. The molecule has 0 N–H and O–H groups in total. The summed E-state index contributed by atoms with van der Waals surface area (Å²) in [6.45, 7) is -0.291. The summed E-state index contributed by atoms with van der Waals surface area (Å²) in [5, 5.41) is 0. The van der Waals surface area contributed by atoms with E-state index in [9.17, 15) is 4.39 Å². The van der Waals surface area contributed by atoms with Gasteiger partial charge in [-0.15, -0.1) is 0 Å². The van der Waals surface area contributed by atoms with E-state index in [0.29, 0.717) is 6.42 Å². The molecule has 47 valence electrons. The summed E-state index contributed by atoms with van der Waals surface area (Å²) in [7, 11) is 0. The monoisotopic (exact) mass is 123 g/mol. The van der Waals surface area contributed by atoms with Crippen molar-refractivity contribution in [1.29, 1.82) is 0 Å². The minimum Gasteiger partial charge on any atom is -0.251 e. The number of benzene rings is 1. The summed E-state index contributed by atoms with van der Waals surface area (Å²) in [5.41, 5.74) is 0.944. The van der Waals surface area contributed by atoms with E-state index in [1.165, 1.54) is 0 Å². The third kappa shape index (κ3) is 1.84. The number of alkyl halides is 1. The van der Waals surface area contributed by atoms with Crippen molar-refractivity contribution in [2.45, 2.75) is 6.42 Å². The van der Waals surface area contributed by atoms with Gasteiger partial charge >= 0.3 is 0 Å². The Bertz CT molecular complexity index is 157. The second kappa shape index (κ2) is 3.23. The zero-order chi connectivity index (χ0) is 6.53. The molecule has 0 fully saturated rings. The smallest absolute Gasteiger partial charge is 0.0934 e. The Balaban J connectivity index is 2.61. The lowest BCUT2D eigenvalue weighted by atomic mass is 10.2. The summed E-state index contributed by atoms with van der Waals surface area (Å²) < 4.78 is 11.7. The van der Waals surface area contributed by atoms with Gasteiger partial charge < -0.3 is 0 Å². The second-order valence-corrected chi connectivity index (χ2v) is 1.83. The number of hydrogen-bond acceptors (Lipinski definition) is 0. The van der Waals surface area contributed by atoms with Crippen molar-refractivity contribution in [1.82, 2.24) is 0 Å². The van der Waals surface area contributed by atoms with Crippen LogP contribution in [-0.2, 0) is 6.42 Å². The highest BCUT2D eigenvalue weighted by Gasteiger charge is 1.87. The van der Waals surface area contributed by atoms with Crippen molar-refractivity contribution in [3.63, 3.8) is 0 Å². The van der Waals surface area contributed by atoms with Gasteiger partial charge in [-0.2, -0.15) is 0 Å². The van der Waals surface area contributed by atoms with E-state index >= 15 is 0 Å². The highest BCUT2D eigenvalue weighted by Crippen LogP contribution is 1.97. The maximum absolute atomic E-state index is 11.7. The lowest BCUT2D eigenvalue weighted by Gasteiger charge is -1.91. The predicted molar refractivity (Wildman–Crippen MR) is 35.0 cm³/mol. The molecule has 0 heterocycles. The molecule has 0 aliphatic carbocycles. The van der Waals surface area contributed by atoms with Gasteiger partial charge in [0.2, 0.25) is 0 Å². The van der Waals surface area contributed by atoms with Gasteiger partial charge in [-0.1, -0.05) is 24.3 Å². The largest absolute Gasteiger partial charge is 0.251 e. The third-order valence-corrected chi connectivity index (χ3v) is 1.14. The minimum atomic E-state index is -0.291. The normalized spacial score (nSPS) is 9.44. The zero-order valence-corrected chi connectivity index (χ0v) is 5.10. The molecule has 0 spiro atoms. The van der Waals surface area contributed by atoms with Crippen molar-refractivity contribution < 1.29 is 4.39 Å². The van der Waals surface area contributed by atoms with Crippen LogP contribution in [0.3, 0.4) is 0 Å². The van der Waals surface area contributed by atoms with E-state index in [0.717, 1.165) is 5.56 Å². The summed E-state index contributed by atoms with van der Waals surface area (Å²) in [6.07, 6.45) is 0.487. The van der Waals surface area contributed by atoms with Crippen LogP contribution in [0, 0.1) is 6.07 Å². The average Bonchev–Trinajstić information content (AvgIpc) is 1.91. The topological polar surface area (TPSA) is 0 Å². The van der Waals surface area contributed by atoms with E-state index in [1.807, 2.05) is 18.2 Å². The number of rotatable bonds is 2. The fourth-order valence-electron chi connectivity index (χ4n) is 0.688. The van der Waals surface area contributed by atoms with Crippen molar-refractivity contribution in [3.05, 3.63) is 35.9 Å². The maximum Gasteiger partial charge on any atom is 0.0934 e. The lowest BCUT2D eigenvalue weighted by Crippen LogP contribution is -1.84. The van der Waals surface area contributed by atoms with Crippen LogP contribution >= 0.6 is 0 Å². The molecule has 0 aliphatic heterocycles. The van der Waals surface area contributed by atoms with E-state index < -0.39 is 0 Å². The minimum absolute atomic E-state index is 0.291. The van der Waals surface area contributed by atoms with E-state index in [-0.39, 0.29) is 6.67 Å². The van der Waals surface area contributed by atoms with Crippen LogP contribution < -0.4 is 0 Å². The first-order valence-electron chi connectivity index (χ1n) is 2.95. The summed E-state index contributed by atoms with van der Waals surface area (Å²) in [6, 6.07) is 10.4. The molecule has 0 amide bonds. The van der Waals surface area contributed by atoms with Crippen LogP contribution in [0.4, 0.5) is 4.39 Å². The van der Waals surface area contributed by atoms with Gasteiger partial charge in [-0.05, 0) is 11.6 Å². The van der Waals surface area contributed by atoms with E-state index in [2.05, 4.69) is 6.07 Å². The van der Waals surface area contributed by atoms with Crippen LogP contribution in [-0.4, -0.2) is 6.67 Å². The summed E-state index contributed by atoms with van der Waals surface area (Å²) in [5.74, 6) is 0. The molecular formula is C8H8F. The second-order valence-electron chi connectivity index (χ2n) is 1.83. The molecule has 1 radical (unpaired) electrons. The number of hydrogen-bond donors (Lipinski definition) is 0.